The molecule has 1 amide bonds. The lowest BCUT2D eigenvalue weighted by molar-refractivity contribution is 0.103. The number of nitrogens with one attached hydrogen (secondary N) is 2. The van der Waals surface area contributed by atoms with Gasteiger partial charge in [0, 0.05) is 50.6 Å². The summed E-state index contributed by atoms with van der Waals surface area (Å²) in [5.74, 6) is 0.760. The Kier molecular flexibility index (Phi) is 5.62. The molecular weight excluding hydrogens is 414 g/mol. The van der Waals surface area contributed by atoms with E-state index in [0.717, 1.165) is 65.5 Å². The van der Waals surface area contributed by atoms with Gasteiger partial charge in [0.25, 0.3) is 5.91 Å². The number of benzene rings is 1. The van der Waals surface area contributed by atoms with Crippen LogP contribution < -0.4 is 20.4 Å². The van der Waals surface area contributed by atoms with E-state index in [9.17, 15) is 4.79 Å². The van der Waals surface area contributed by atoms with E-state index < -0.39 is 0 Å². The summed E-state index contributed by atoms with van der Waals surface area (Å²) in [4.78, 5) is 23.9. The first-order valence-electron chi connectivity index (χ1n) is 10.7. The number of fused-ring (bicyclic) bond motifs is 1. The average Bonchev–Trinajstić information content (AvgIpc) is 3.35. The molecule has 0 atom stereocenters. The molecule has 0 spiro atoms. The Morgan fingerprint density at radius 1 is 1.07 bits per heavy atom. The minimum atomic E-state index is -0.0616. The monoisotopic (exact) mass is 441 g/mol. The molecule has 6 nitrogen and oxygen atoms in total. The van der Waals surface area contributed by atoms with Crippen LogP contribution in [0.1, 0.15) is 29.4 Å². The highest BCUT2D eigenvalue weighted by molar-refractivity contribution is 7.29. The molecule has 8 heteroatoms. The van der Waals surface area contributed by atoms with E-state index in [4.69, 9.17) is 4.98 Å². The van der Waals surface area contributed by atoms with E-state index in [1.165, 1.54) is 29.9 Å². The minimum absolute atomic E-state index is 0.0616. The minimum Gasteiger partial charge on any atom is -0.372 e. The molecule has 3 aromatic rings. The highest BCUT2D eigenvalue weighted by atomic mass is 32.1. The van der Waals surface area contributed by atoms with Gasteiger partial charge in [0.1, 0.15) is 4.83 Å². The fraction of sp³-hybridized carbons (Fsp3) is 0.455. The molecule has 2 fully saturated rings. The molecular formula is C22H27N5OS2. The number of amides is 1. The van der Waals surface area contributed by atoms with Gasteiger partial charge in [-0.05, 0) is 49.1 Å². The first-order chi connectivity index (χ1) is 14.7. The quantitative estimate of drug-likeness (QED) is 0.634. The standard InChI is InChI=1S/C22H27N5OS2/c1-15-6-10-26(11-7-15)17-4-2-16(3-5-17)24-20(28)18-14-19-21(29-18)25-22(30-19)27-12-8-23-9-13-27/h2-5,14-15,23H,6-13H2,1H3,(H,24,28). The second-order valence-corrected chi connectivity index (χ2v) is 10.2. The van der Waals surface area contributed by atoms with Crippen LogP contribution in [0.15, 0.2) is 30.3 Å². The molecule has 2 aromatic heterocycles. The molecule has 0 bridgehead atoms. The van der Waals surface area contributed by atoms with Gasteiger partial charge in [0.05, 0.1) is 9.58 Å². The number of anilines is 3. The Labute approximate surface area is 184 Å². The topological polar surface area (TPSA) is 60.5 Å². The van der Waals surface area contributed by atoms with E-state index in [1.807, 2.05) is 18.2 Å². The van der Waals surface area contributed by atoms with Gasteiger partial charge in [-0.1, -0.05) is 18.3 Å². The third-order valence-electron chi connectivity index (χ3n) is 5.96. The molecule has 0 unspecified atom stereocenters. The Bertz CT molecular complexity index is 983. The van der Waals surface area contributed by atoms with Crippen molar-refractivity contribution in [3.05, 3.63) is 35.2 Å². The van der Waals surface area contributed by atoms with Crippen LogP contribution in [0.3, 0.4) is 0 Å². The zero-order valence-electron chi connectivity index (χ0n) is 17.2. The van der Waals surface area contributed by atoms with Gasteiger partial charge in [-0.2, -0.15) is 0 Å². The van der Waals surface area contributed by atoms with Crippen LogP contribution in [0, 0.1) is 5.92 Å². The van der Waals surface area contributed by atoms with E-state index in [1.54, 1.807) is 11.3 Å². The van der Waals surface area contributed by atoms with E-state index in [-0.39, 0.29) is 5.91 Å². The van der Waals surface area contributed by atoms with Gasteiger partial charge in [-0.25, -0.2) is 4.98 Å². The van der Waals surface area contributed by atoms with Crippen molar-refractivity contribution in [3.8, 4) is 0 Å². The fourth-order valence-electron chi connectivity index (χ4n) is 4.04. The van der Waals surface area contributed by atoms with E-state index in [0.29, 0.717) is 4.88 Å². The molecule has 2 aliphatic rings. The zero-order chi connectivity index (χ0) is 20.5. The van der Waals surface area contributed by atoms with Crippen LogP contribution in [-0.2, 0) is 0 Å². The number of thiophene rings is 1. The van der Waals surface area contributed by atoms with Crippen LogP contribution in [0.4, 0.5) is 16.5 Å². The number of carbonyl (C=O) groups is 1. The highest BCUT2D eigenvalue weighted by Crippen LogP contribution is 2.35. The zero-order valence-corrected chi connectivity index (χ0v) is 18.8. The summed E-state index contributed by atoms with van der Waals surface area (Å²) >= 11 is 3.15. The van der Waals surface area contributed by atoms with Crippen molar-refractivity contribution in [2.24, 2.45) is 5.92 Å². The van der Waals surface area contributed by atoms with E-state index >= 15 is 0 Å². The number of piperidine rings is 1. The average molecular weight is 442 g/mol. The molecule has 2 aliphatic heterocycles. The number of hydrogen-bond donors (Lipinski definition) is 2. The molecule has 2 N–H and O–H groups in total. The van der Waals surface area contributed by atoms with Crippen molar-refractivity contribution in [2.45, 2.75) is 19.8 Å². The number of thiazole rings is 1. The lowest BCUT2D eigenvalue weighted by atomic mass is 9.99. The molecule has 5 rings (SSSR count). The summed E-state index contributed by atoms with van der Waals surface area (Å²) in [6.45, 7) is 8.52. The molecule has 158 valence electrons. The van der Waals surface area contributed by atoms with Gasteiger partial charge < -0.3 is 20.4 Å². The summed E-state index contributed by atoms with van der Waals surface area (Å²) in [5.41, 5.74) is 2.07. The van der Waals surface area contributed by atoms with Gasteiger partial charge in [-0.3, -0.25) is 4.79 Å². The molecule has 1 aromatic carbocycles. The maximum absolute atomic E-state index is 12.7. The van der Waals surface area contributed by atoms with Crippen molar-refractivity contribution in [1.29, 1.82) is 0 Å². The maximum Gasteiger partial charge on any atom is 0.265 e. The van der Waals surface area contributed by atoms with Gasteiger partial charge in [0.2, 0.25) is 0 Å². The lowest BCUT2D eigenvalue weighted by Crippen LogP contribution is -2.43. The summed E-state index contributed by atoms with van der Waals surface area (Å²) in [6, 6.07) is 10.2. The van der Waals surface area contributed by atoms with Crippen LogP contribution in [0.2, 0.25) is 0 Å². The molecule has 0 aliphatic carbocycles. The number of aromatic nitrogens is 1. The van der Waals surface area contributed by atoms with Crippen LogP contribution in [0.5, 0.6) is 0 Å². The second kappa shape index (κ2) is 8.53. The molecule has 0 radical (unpaired) electrons. The Morgan fingerprint density at radius 3 is 2.50 bits per heavy atom. The summed E-state index contributed by atoms with van der Waals surface area (Å²) in [7, 11) is 0. The second-order valence-electron chi connectivity index (χ2n) is 8.18. The predicted octanol–water partition coefficient (Wildman–Crippen LogP) is 4.26. The summed E-state index contributed by atoms with van der Waals surface area (Å²) in [6.07, 6.45) is 2.50. The molecule has 30 heavy (non-hydrogen) atoms. The first kappa shape index (κ1) is 19.8. The number of carbonyl (C=O) groups excluding carboxylic acids is 1. The SMILES string of the molecule is CC1CCN(c2ccc(NC(=O)c3cc4sc(N5CCNCC5)nc4s3)cc2)CC1. The summed E-state index contributed by atoms with van der Waals surface area (Å²) in [5, 5.41) is 7.46. The first-order valence-corrected chi connectivity index (χ1v) is 12.3. The van der Waals surface area contributed by atoms with Crippen molar-refractivity contribution in [1.82, 2.24) is 10.3 Å². The molecule has 0 saturated carbocycles. The Balaban J connectivity index is 1.23. The van der Waals surface area contributed by atoms with Crippen LogP contribution >= 0.6 is 22.7 Å². The van der Waals surface area contributed by atoms with Crippen molar-refractivity contribution in [2.75, 3.05) is 54.4 Å². The Hall–Kier alpha value is -2.16. The van der Waals surface area contributed by atoms with E-state index in [2.05, 4.69) is 39.5 Å². The van der Waals surface area contributed by atoms with Crippen LogP contribution in [0.25, 0.3) is 9.53 Å². The normalized spacial score (nSPS) is 18.2. The Morgan fingerprint density at radius 2 is 1.80 bits per heavy atom. The van der Waals surface area contributed by atoms with Crippen molar-refractivity contribution >= 4 is 54.6 Å². The highest BCUT2D eigenvalue weighted by Gasteiger charge is 2.19. The van der Waals surface area contributed by atoms with Gasteiger partial charge in [0.15, 0.2) is 5.13 Å². The number of hydrogen-bond acceptors (Lipinski definition) is 7. The summed E-state index contributed by atoms with van der Waals surface area (Å²) < 4.78 is 1.09. The van der Waals surface area contributed by atoms with Crippen molar-refractivity contribution < 1.29 is 4.79 Å². The van der Waals surface area contributed by atoms with Gasteiger partial charge >= 0.3 is 0 Å². The third-order valence-corrected chi connectivity index (χ3v) is 8.18. The number of piperazine rings is 1. The molecule has 4 heterocycles. The number of nitrogens with zero attached hydrogens (tertiary/aromatic N) is 3. The lowest BCUT2D eigenvalue weighted by Gasteiger charge is -2.32. The largest absolute Gasteiger partial charge is 0.372 e. The maximum atomic E-state index is 12.7. The smallest absolute Gasteiger partial charge is 0.265 e. The van der Waals surface area contributed by atoms with Crippen molar-refractivity contribution in [3.63, 3.8) is 0 Å². The predicted molar refractivity (Wildman–Crippen MR) is 128 cm³/mol. The van der Waals surface area contributed by atoms with Gasteiger partial charge in [-0.15, -0.1) is 11.3 Å². The number of rotatable bonds is 4. The third kappa shape index (κ3) is 4.17. The molecule has 2 saturated heterocycles. The fourth-order valence-corrected chi connectivity index (χ4v) is 6.20. The van der Waals surface area contributed by atoms with Crippen LogP contribution in [-0.4, -0.2) is 50.2 Å².